The van der Waals surface area contributed by atoms with Crippen molar-refractivity contribution in [3.05, 3.63) is 75.2 Å². The van der Waals surface area contributed by atoms with Crippen molar-refractivity contribution in [1.82, 2.24) is 15.2 Å². The Balaban J connectivity index is 1.59. The number of nitrogens with zero attached hydrogens (tertiary/aromatic N) is 3. The van der Waals surface area contributed by atoms with E-state index in [1.54, 1.807) is 19.2 Å². The molecule has 0 aliphatic rings. The number of ether oxygens (including phenoxy) is 1. The highest BCUT2D eigenvalue weighted by Crippen LogP contribution is 2.36. The summed E-state index contributed by atoms with van der Waals surface area (Å²) in [7, 11) is 0. The fraction of sp³-hybridized carbons (Fsp3) is 0.227. The van der Waals surface area contributed by atoms with Gasteiger partial charge in [-0.1, -0.05) is 28.4 Å². The second kappa shape index (κ2) is 8.80. The van der Waals surface area contributed by atoms with Gasteiger partial charge in [-0.05, 0) is 39.0 Å². The van der Waals surface area contributed by atoms with Gasteiger partial charge >= 0.3 is 0 Å². The molecule has 0 bridgehead atoms. The number of nitrogen functional groups attached to an aromatic ring is 1. The lowest BCUT2D eigenvalue weighted by atomic mass is 10.1. The molecule has 3 N–H and O–H groups in total. The van der Waals surface area contributed by atoms with E-state index in [0.29, 0.717) is 22.9 Å². The fourth-order valence-corrected chi connectivity index (χ4v) is 4.09. The van der Waals surface area contributed by atoms with E-state index >= 15 is 0 Å². The third-order valence-electron chi connectivity index (χ3n) is 5.20. The van der Waals surface area contributed by atoms with Crippen molar-refractivity contribution >= 4 is 29.0 Å². The molecule has 0 saturated carbocycles. The summed E-state index contributed by atoms with van der Waals surface area (Å²) in [6.07, 6.45) is 4.78. The van der Waals surface area contributed by atoms with Crippen LogP contribution < -0.4 is 15.2 Å². The summed E-state index contributed by atoms with van der Waals surface area (Å²) < 4.78 is 27.0. The standard InChI is InChI=1S/C22H20Cl2FN5O2/c1-11-16(12(2)32-29-11)10-30-9-15(8-28-30)14-6-19(22(26)27-7-14)31-13(3)20-17(23)4-5-18(25)21(20)24/h4-9,13H,10H2,1-3H3,(H2,26,27)/p+1. The van der Waals surface area contributed by atoms with Gasteiger partial charge in [0.05, 0.1) is 28.0 Å². The van der Waals surface area contributed by atoms with Crippen LogP contribution in [0.4, 0.5) is 10.2 Å². The number of H-pyrrole nitrogens is 1. The topological polar surface area (TPSA) is 93.8 Å². The molecule has 0 saturated heterocycles. The summed E-state index contributed by atoms with van der Waals surface area (Å²) in [4.78, 5) is 4.24. The van der Waals surface area contributed by atoms with Crippen LogP contribution in [0.15, 0.2) is 41.3 Å². The van der Waals surface area contributed by atoms with Crippen LogP contribution >= 0.6 is 23.2 Å². The van der Waals surface area contributed by atoms with Gasteiger partial charge in [0.15, 0.2) is 11.6 Å². The van der Waals surface area contributed by atoms with E-state index in [-0.39, 0.29) is 10.8 Å². The van der Waals surface area contributed by atoms with E-state index in [1.165, 1.54) is 12.1 Å². The first-order valence-corrected chi connectivity index (χ1v) is 10.6. The normalized spacial score (nSPS) is 12.2. The Labute approximate surface area is 193 Å². The largest absolute Gasteiger partial charge is 0.482 e. The van der Waals surface area contributed by atoms with Gasteiger partial charge in [0, 0.05) is 22.3 Å². The molecular weight excluding hydrogens is 456 g/mol. The summed E-state index contributed by atoms with van der Waals surface area (Å²) in [6.45, 7) is 6.08. The number of hydrogen-bond acceptors (Lipinski definition) is 5. The first kappa shape index (κ1) is 22.1. The van der Waals surface area contributed by atoms with Gasteiger partial charge in [-0.25, -0.2) is 9.37 Å². The van der Waals surface area contributed by atoms with Crippen LogP contribution in [0.1, 0.15) is 35.6 Å². The molecule has 4 rings (SSSR count). The van der Waals surface area contributed by atoms with Gasteiger partial charge in [0.25, 0.3) is 0 Å². The molecule has 1 aromatic carbocycles. The number of aromatic nitrogens is 4. The zero-order valence-corrected chi connectivity index (χ0v) is 19.1. The Morgan fingerprint density at radius 3 is 2.78 bits per heavy atom. The van der Waals surface area contributed by atoms with E-state index in [1.807, 2.05) is 30.9 Å². The minimum atomic E-state index is -0.652. The van der Waals surface area contributed by atoms with Gasteiger partial charge in [0.2, 0.25) is 12.7 Å². The summed E-state index contributed by atoms with van der Waals surface area (Å²) in [5, 5.41) is 7.39. The number of halogens is 3. The first-order valence-electron chi connectivity index (χ1n) is 9.80. The van der Waals surface area contributed by atoms with Crippen LogP contribution in [0, 0.1) is 19.7 Å². The van der Waals surface area contributed by atoms with Crippen molar-refractivity contribution in [3.8, 4) is 16.9 Å². The summed E-state index contributed by atoms with van der Waals surface area (Å²) in [5.74, 6) is 0.740. The molecule has 0 radical (unpaired) electrons. The second-order valence-corrected chi connectivity index (χ2v) is 8.20. The highest BCUT2D eigenvalue weighted by Gasteiger charge is 2.21. The number of aromatic amines is 1. The lowest BCUT2D eigenvalue weighted by Crippen LogP contribution is -2.35. The highest BCUT2D eigenvalue weighted by molar-refractivity contribution is 6.36. The number of benzene rings is 1. The quantitative estimate of drug-likeness (QED) is 0.295. The Morgan fingerprint density at radius 1 is 1.28 bits per heavy atom. The van der Waals surface area contributed by atoms with Gasteiger partial charge < -0.3 is 15.0 Å². The van der Waals surface area contributed by atoms with E-state index in [4.69, 9.17) is 38.2 Å². The van der Waals surface area contributed by atoms with Gasteiger partial charge in [0.1, 0.15) is 17.7 Å². The zero-order chi connectivity index (χ0) is 23.0. The Bertz CT molecular complexity index is 1270. The third-order valence-corrected chi connectivity index (χ3v) is 5.91. The molecule has 0 aliphatic heterocycles. The van der Waals surface area contributed by atoms with Crippen LogP contribution in [0.3, 0.4) is 0 Å². The van der Waals surface area contributed by atoms with Crippen LogP contribution in [-0.2, 0) is 6.54 Å². The maximum absolute atomic E-state index is 13.9. The van der Waals surface area contributed by atoms with Crippen molar-refractivity contribution in [2.45, 2.75) is 33.4 Å². The van der Waals surface area contributed by atoms with Crippen LogP contribution in [0.25, 0.3) is 11.1 Å². The average Bonchev–Trinajstić information content (AvgIpc) is 3.35. The predicted molar refractivity (Wildman–Crippen MR) is 119 cm³/mol. The maximum Gasteiger partial charge on any atom is 0.203 e. The SMILES string of the molecule is Cc1noc(C)c1C[n+]1cc(-c2cnc(N)c(OC(C)c3c(Cl)ccc(F)c3Cl)c2)c[nH]1. The van der Waals surface area contributed by atoms with Gasteiger partial charge in [-0.15, -0.1) is 4.68 Å². The highest BCUT2D eigenvalue weighted by atomic mass is 35.5. The van der Waals surface area contributed by atoms with Gasteiger partial charge in [-0.3, -0.25) is 0 Å². The molecule has 0 fully saturated rings. The number of anilines is 1. The molecule has 0 spiro atoms. The molecule has 3 aromatic heterocycles. The van der Waals surface area contributed by atoms with E-state index in [9.17, 15) is 4.39 Å². The summed E-state index contributed by atoms with van der Waals surface area (Å²) >= 11 is 12.3. The molecule has 0 amide bonds. The number of nitrogens with one attached hydrogen (secondary N) is 1. The Kier molecular flexibility index (Phi) is 6.08. The minimum Gasteiger partial charge on any atom is -0.482 e. The molecule has 3 heterocycles. The predicted octanol–water partition coefficient (Wildman–Crippen LogP) is 5.19. The van der Waals surface area contributed by atoms with Crippen LogP contribution in [-0.4, -0.2) is 15.2 Å². The third kappa shape index (κ3) is 4.28. The summed E-state index contributed by atoms with van der Waals surface area (Å²) in [6, 6.07) is 4.41. The molecule has 10 heteroatoms. The summed E-state index contributed by atoms with van der Waals surface area (Å²) in [5.41, 5.74) is 9.89. The van der Waals surface area contributed by atoms with Crippen molar-refractivity contribution in [3.63, 3.8) is 0 Å². The number of aryl methyl sites for hydroxylation is 2. The Morgan fingerprint density at radius 2 is 2.06 bits per heavy atom. The molecule has 0 aliphatic carbocycles. The Hall–Kier alpha value is -3.10. The zero-order valence-electron chi connectivity index (χ0n) is 17.6. The van der Waals surface area contributed by atoms with E-state index in [2.05, 4.69) is 15.2 Å². The second-order valence-electron chi connectivity index (χ2n) is 7.41. The van der Waals surface area contributed by atoms with Gasteiger partial charge in [-0.2, -0.15) is 5.10 Å². The van der Waals surface area contributed by atoms with E-state index < -0.39 is 11.9 Å². The number of hydrogen-bond donors (Lipinski definition) is 2. The minimum absolute atomic E-state index is 0.0846. The molecule has 1 atom stereocenters. The van der Waals surface area contributed by atoms with E-state index in [0.717, 1.165) is 28.1 Å². The van der Waals surface area contributed by atoms with Crippen molar-refractivity contribution in [2.75, 3.05) is 5.73 Å². The molecule has 7 nitrogen and oxygen atoms in total. The smallest absolute Gasteiger partial charge is 0.203 e. The van der Waals surface area contributed by atoms with Crippen molar-refractivity contribution in [2.24, 2.45) is 0 Å². The number of nitrogens with two attached hydrogens (primary N) is 1. The fourth-order valence-electron chi connectivity index (χ4n) is 3.41. The van der Waals surface area contributed by atoms with Crippen molar-refractivity contribution in [1.29, 1.82) is 0 Å². The lowest BCUT2D eigenvalue weighted by Gasteiger charge is -2.19. The van der Waals surface area contributed by atoms with Crippen LogP contribution in [0.5, 0.6) is 5.75 Å². The molecule has 166 valence electrons. The lowest BCUT2D eigenvalue weighted by molar-refractivity contribution is -0.742. The number of rotatable bonds is 6. The maximum atomic E-state index is 13.9. The monoisotopic (exact) mass is 476 g/mol. The molecule has 32 heavy (non-hydrogen) atoms. The molecular formula is C22H21Cl2FN5O2+. The number of pyridine rings is 1. The molecule has 4 aromatic rings. The first-order chi connectivity index (χ1) is 15.2. The average molecular weight is 477 g/mol. The molecule has 1 unspecified atom stereocenters. The van der Waals surface area contributed by atoms with Crippen molar-refractivity contribution < 1.29 is 18.3 Å². The van der Waals surface area contributed by atoms with Crippen LogP contribution in [0.2, 0.25) is 10.0 Å².